The third-order valence-corrected chi connectivity index (χ3v) is 6.18. The Balaban J connectivity index is 1.52. The molecular formula is C28H22N2O6. The molecule has 8 nitrogen and oxygen atoms in total. The highest BCUT2D eigenvalue weighted by molar-refractivity contribution is 5.96. The number of carbonyl (C=O) groups excluding carboxylic acids is 1. The van der Waals surface area contributed by atoms with E-state index >= 15 is 0 Å². The molecule has 0 aliphatic carbocycles. The van der Waals surface area contributed by atoms with E-state index in [4.69, 9.17) is 29.1 Å². The van der Waals surface area contributed by atoms with Crippen molar-refractivity contribution in [2.75, 3.05) is 14.2 Å². The van der Waals surface area contributed by atoms with E-state index < -0.39 is 11.9 Å². The Bertz CT molecular complexity index is 1580. The molecule has 0 spiro atoms. The van der Waals surface area contributed by atoms with Gasteiger partial charge in [0.2, 0.25) is 11.6 Å². The molecular weight excluding hydrogens is 460 g/mol. The summed E-state index contributed by atoms with van der Waals surface area (Å²) in [4.78, 5) is 12.9. The first-order valence-corrected chi connectivity index (χ1v) is 11.1. The largest absolute Gasteiger partial charge is 0.497 e. The minimum Gasteiger partial charge on any atom is -0.497 e. The van der Waals surface area contributed by atoms with E-state index in [1.165, 1.54) is 0 Å². The van der Waals surface area contributed by atoms with Gasteiger partial charge in [-0.05, 0) is 25.1 Å². The standard InChI is InChI=1S/C28H22N2O6/c1-15-18-6-4-5-7-22(18)35-26(15)28(31)34-17-9-11-20-24(13-17)36-27(30)21(14-29)25(20)19-10-8-16(32-2)12-23(19)33-3/h4-13,25H,30H2,1-3H3. The van der Waals surface area contributed by atoms with Crippen LogP contribution < -0.4 is 24.7 Å². The first kappa shape index (κ1) is 22.9. The number of nitrogens with zero attached hydrogens (tertiary/aromatic N) is 1. The van der Waals surface area contributed by atoms with Crippen LogP contribution in [0.5, 0.6) is 23.0 Å². The summed E-state index contributed by atoms with van der Waals surface area (Å²) in [7, 11) is 3.10. The van der Waals surface area contributed by atoms with Crippen molar-refractivity contribution >= 4 is 16.9 Å². The smallest absolute Gasteiger partial charge is 0.379 e. The van der Waals surface area contributed by atoms with Crippen LogP contribution in [0, 0.1) is 18.3 Å². The number of fused-ring (bicyclic) bond motifs is 2. The summed E-state index contributed by atoms with van der Waals surface area (Å²) in [5.41, 5.74) is 9.06. The van der Waals surface area contributed by atoms with Gasteiger partial charge in [0, 0.05) is 34.2 Å². The second-order valence-corrected chi connectivity index (χ2v) is 8.17. The molecule has 4 aromatic rings. The van der Waals surface area contributed by atoms with Crippen molar-refractivity contribution in [3.63, 3.8) is 0 Å². The number of ether oxygens (including phenoxy) is 4. The zero-order valence-corrected chi connectivity index (χ0v) is 19.8. The van der Waals surface area contributed by atoms with Crippen LogP contribution in [-0.4, -0.2) is 20.2 Å². The van der Waals surface area contributed by atoms with E-state index in [1.54, 1.807) is 57.5 Å². The van der Waals surface area contributed by atoms with Crippen LogP contribution in [0.4, 0.5) is 0 Å². The number of hydrogen-bond acceptors (Lipinski definition) is 8. The lowest BCUT2D eigenvalue weighted by molar-refractivity contribution is 0.0702. The van der Waals surface area contributed by atoms with Crippen LogP contribution in [0.2, 0.25) is 0 Å². The van der Waals surface area contributed by atoms with Crippen LogP contribution in [0.1, 0.15) is 33.2 Å². The van der Waals surface area contributed by atoms with Crippen molar-refractivity contribution in [2.45, 2.75) is 12.8 Å². The Kier molecular flexibility index (Phi) is 5.74. The fraction of sp³-hybridized carbons (Fsp3) is 0.143. The Hall–Kier alpha value is -4.90. The predicted molar refractivity (Wildman–Crippen MR) is 131 cm³/mol. The predicted octanol–water partition coefficient (Wildman–Crippen LogP) is 5.20. The monoisotopic (exact) mass is 482 g/mol. The van der Waals surface area contributed by atoms with E-state index in [2.05, 4.69) is 6.07 Å². The molecule has 1 aromatic heterocycles. The average molecular weight is 482 g/mol. The molecule has 1 aliphatic heterocycles. The van der Waals surface area contributed by atoms with E-state index in [0.717, 1.165) is 5.39 Å². The van der Waals surface area contributed by atoms with Crippen LogP contribution >= 0.6 is 0 Å². The number of furan rings is 1. The first-order chi connectivity index (χ1) is 17.4. The second kappa shape index (κ2) is 9.04. The zero-order valence-electron chi connectivity index (χ0n) is 19.8. The SMILES string of the molecule is COc1ccc(C2C(C#N)=C(N)Oc3cc(OC(=O)c4oc5ccccc5c4C)ccc32)c(OC)c1. The number of rotatable bonds is 5. The van der Waals surface area contributed by atoms with Gasteiger partial charge in [-0.2, -0.15) is 5.26 Å². The van der Waals surface area contributed by atoms with Crippen molar-refractivity contribution in [1.82, 2.24) is 0 Å². The number of esters is 1. The summed E-state index contributed by atoms with van der Waals surface area (Å²) in [5.74, 6) is 0.653. The summed E-state index contributed by atoms with van der Waals surface area (Å²) in [5, 5.41) is 10.7. The number of methoxy groups -OCH3 is 2. The highest BCUT2D eigenvalue weighted by Crippen LogP contribution is 2.46. The first-order valence-electron chi connectivity index (χ1n) is 11.1. The molecule has 180 valence electrons. The van der Waals surface area contributed by atoms with Gasteiger partial charge in [0.05, 0.1) is 20.1 Å². The number of aryl methyl sites for hydroxylation is 1. The number of carbonyl (C=O) groups is 1. The Morgan fingerprint density at radius 2 is 1.75 bits per heavy atom. The fourth-order valence-corrected chi connectivity index (χ4v) is 4.40. The molecule has 0 bridgehead atoms. The number of para-hydroxylation sites is 1. The molecule has 3 aromatic carbocycles. The number of nitrogens with two attached hydrogens (primary N) is 1. The van der Waals surface area contributed by atoms with Crippen LogP contribution in [0.15, 0.2) is 76.5 Å². The summed E-state index contributed by atoms with van der Waals surface area (Å²) in [6, 6.07) is 19.8. The highest BCUT2D eigenvalue weighted by atomic mass is 16.5. The van der Waals surface area contributed by atoms with Crippen molar-refractivity contribution in [1.29, 1.82) is 5.26 Å². The van der Waals surface area contributed by atoms with Crippen molar-refractivity contribution in [2.24, 2.45) is 5.73 Å². The lowest BCUT2D eigenvalue weighted by Crippen LogP contribution is -2.21. The van der Waals surface area contributed by atoms with Gasteiger partial charge in [0.25, 0.3) is 0 Å². The van der Waals surface area contributed by atoms with Gasteiger partial charge in [-0.15, -0.1) is 0 Å². The van der Waals surface area contributed by atoms with Gasteiger partial charge >= 0.3 is 5.97 Å². The lowest BCUT2D eigenvalue weighted by atomic mass is 9.83. The molecule has 1 aliphatic rings. The average Bonchev–Trinajstić information content (AvgIpc) is 3.24. The van der Waals surface area contributed by atoms with E-state index in [1.807, 2.05) is 24.3 Å². The lowest BCUT2D eigenvalue weighted by Gasteiger charge is -2.27. The molecule has 5 rings (SSSR count). The minimum atomic E-state index is -0.630. The molecule has 1 atom stereocenters. The third kappa shape index (κ3) is 3.77. The Morgan fingerprint density at radius 3 is 2.47 bits per heavy atom. The maximum atomic E-state index is 12.9. The number of benzene rings is 3. The van der Waals surface area contributed by atoms with E-state index in [0.29, 0.717) is 39.5 Å². The normalized spacial score (nSPS) is 14.6. The highest BCUT2D eigenvalue weighted by Gasteiger charge is 2.33. The van der Waals surface area contributed by atoms with Gasteiger partial charge in [0.1, 0.15) is 40.2 Å². The third-order valence-electron chi connectivity index (χ3n) is 6.18. The molecule has 0 fully saturated rings. The molecule has 8 heteroatoms. The molecule has 0 saturated carbocycles. The number of allylic oxidation sites excluding steroid dienone is 1. The van der Waals surface area contributed by atoms with E-state index in [9.17, 15) is 10.1 Å². The van der Waals surface area contributed by atoms with Gasteiger partial charge in [-0.1, -0.05) is 30.3 Å². The summed E-state index contributed by atoms with van der Waals surface area (Å²) in [6.07, 6.45) is 0. The topological polar surface area (TPSA) is 117 Å². The molecule has 0 radical (unpaired) electrons. The Labute approximate surface area is 207 Å². The summed E-state index contributed by atoms with van der Waals surface area (Å²) in [6.45, 7) is 1.81. The van der Waals surface area contributed by atoms with E-state index in [-0.39, 0.29) is 23.0 Å². The summed E-state index contributed by atoms with van der Waals surface area (Å²) < 4.78 is 28.0. The fourth-order valence-electron chi connectivity index (χ4n) is 4.40. The van der Waals surface area contributed by atoms with Crippen LogP contribution in [-0.2, 0) is 0 Å². The van der Waals surface area contributed by atoms with Gasteiger partial charge in [0.15, 0.2) is 0 Å². The van der Waals surface area contributed by atoms with Gasteiger partial charge in [-0.25, -0.2) is 4.79 Å². The maximum Gasteiger partial charge on any atom is 0.379 e. The van der Waals surface area contributed by atoms with Crippen LogP contribution in [0.25, 0.3) is 11.0 Å². The summed E-state index contributed by atoms with van der Waals surface area (Å²) >= 11 is 0. The minimum absolute atomic E-state index is 0.0375. The van der Waals surface area contributed by atoms with Gasteiger partial charge in [-0.3, -0.25) is 0 Å². The molecule has 2 heterocycles. The Morgan fingerprint density at radius 1 is 1.00 bits per heavy atom. The quantitative estimate of drug-likeness (QED) is 0.305. The van der Waals surface area contributed by atoms with Crippen molar-refractivity contribution in [3.05, 3.63) is 94.6 Å². The molecule has 36 heavy (non-hydrogen) atoms. The maximum absolute atomic E-state index is 12.9. The number of nitriles is 1. The van der Waals surface area contributed by atoms with Crippen molar-refractivity contribution < 1.29 is 28.2 Å². The van der Waals surface area contributed by atoms with Crippen molar-refractivity contribution in [3.8, 4) is 29.1 Å². The molecule has 0 amide bonds. The number of hydrogen-bond donors (Lipinski definition) is 1. The molecule has 1 unspecified atom stereocenters. The van der Waals surface area contributed by atoms with Crippen LogP contribution in [0.3, 0.4) is 0 Å². The zero-order chi connectivity index (χ0) is 25.4. The second-order valence-electron chi connectivity index (χ2n) is 8.17. The van der Waals surface area contributed by atoms with Gasteiger partial charge < -0.3 is 29.1 Å². The molecule has 2 N–H and O–H groups in total. The molecule has 0 saturated heterocycles.